The van der Waals surface area contributed by atoms with Crippen LogP contribution in [-0.4, -0.2) is 6.10 Å². The van der Waals surface area contributed by atoms with Gasteiger partial charge in [0.2, 0.25) is 0 Å². The number of hydrogen-bond acceptors (Lipinski definition) is 1. The molecule has 0 radical (unpaired) electrons. The highest BCUT2D eigenvalue weighted by Crippen LogP contribution is 2.39. The zero-order valence-electron chi connectivity index (χ0n) is 10.1. The number of hydrogen-bond donors (Lipinski definition) is 0. The summed E-state index contributed by atoms with van der Waals surface area (Å²) in [4.78, 5) is 0. The van der Waals surface area contributed by atoms with E-state index in [1.54, 1.807) is 0 Å². The third-order valence-electron chi connectivity index (χ3n) is 3.39. The molecule has 0 N–H and O–H groups in total. The van der Waals surface area contributed by atoms with Crippen molar-refractivity contribution in [3.05, 3.63) is 48.0 Å². The lowest BCUT2D eigenvalue weighted by molar-refractivity contribution is -0.0672. The zero-order chi connectivity index (χ0) is 11.5. The molecule has 16 heavy (non-hydrogen) atoms. The second-order valence-electron chi connectivity index (χ2n) is 4.81. The molecular weight excluding hydrogens is 196 g/mol. The molecule has 3 atom stereocenters. The lowest BCUT2D eigenvalue weighted by atomic mass is 9.83. The predicted molar refractivity (Wildman–Crippen MR) is 67.3 cm³/mol. The van der Waals surface area contributed by atoms with Crippen LogP contribution in [0.2, 0.25) is 0 Å². The highest BCUT2D eigenvalue weighted by Gasteiger charge is 2.30. The van der Waals surface area contributed by atoms with Gasteiger partial charge in [-0.3, -0.25) is 0 Å². The maximum absolute atomic E-state index is 6.09. The van der Waals surface area contributed by atoms with Crippen LogP contribution in [0.5, 0.6) is 0 Å². The van der Waals surface area contributed by atoms with Crippen molar-refractivity contribution in [2.75, 3.05) is 0 Å². The summed E-state index contributed by atoms with van der Waals surface area (Å²) in [6, 6.07) is 10.5. The SMILES string of the molecule is C=C(C)[C@H]1CC[C@H](C)O[C@@H]1c1ccccc1. The Balaban J connectivity index is 2.24. The van der Waals surface area contributed by atoms with E-state index < -0.39 is 0 Å². The van der Waals surface area contributed by atoms with Gasteiger partial charge in [0.15, 0.2) is 0 Å². The number of benzene rings is 1. The van der Waals surface area contributed by atoms with Gasteiger partial charge in [0.25, 0.3) is 0 Å². The molecule has 0 saturated carbocycles. The van der Waals surface area contributed by atoms with Crippen LogP contribution in [-0.2, 0) is 4.74 Å². The summed E-state index contributed by atoms with van der Waals surface area (Å²) in [5.41, 5.74) is 2.52. The molecule has 1 aromatic rings. The first kappa shape index (κ1) is 11.4. The molecule has 1 fully saturated rings. The molecule has 86 valence electrons. The van der Waals surface area contributed by atoms with E-state index in [1.807, 2.05) is 6.07 Å². The Hall–Kier alpha value is -1.08. The molecule has 0 unspecified atom stereocenters. The van der Waals surface area contributed by atoms with Crippen molar-refractivity contribution in [3.8, 4) is 0 Å². The second kappa shape index (κ2) is 4.84. The van der Waals surface area contributed by atoms with Crippen LogP contribution in [0.15, 0.2) is 42.5 Å². The standard InChI is InChI=1S/C15H20O/c1-11(2)14-10-9-12(3)16-15(14)13-7-5-4-6-8-13/h4-8,12,14-15H,1,9-10H2,2-3H3/t12-,14+,15+/m0/s1. The first-order valence-electron chi connectivity index (χ1n) is 6.04. The quantitative estimate of drug-likeness (QED) is 0.676. The monoisotopic (exact) mass is 216 g/mol. The molecule has 2 rings (SSSR count). The van der Waals surface area contributed by atoms with Crippen molar-refractivity contribution in [2.24, 2.45) is 5.92 Å². The maximum Gasteiger partial charge on any atom is 0.0893 e. The van der Waals surface area contributed by atoms with Crippen LogP contribution >= 0.6 is 0 Å². The zero-order valence-corrected chi connectivity index (χ0v) is 10.1. The minimum atomic E-state index is 0.197. The molecule has 1 saturated heterocycles. The van der Waals surface area contributed by atoms with E-state index in [1.165, 1.54) is 17.6 Å². The topological polar surface area (TPSA) is 9.23 Å². The van der Waals surface area contributed by atoms with Crippen LogP contribution < -0.4 is 0 Å². The Kier molecular flexibility index (Phi) is 3.45. The van der Waals surface area contributed by atoms with E-state index in [0.29, 0.717) is 12.0 Å². The fraction of sp³-hybridized carbons (Fsp3) is 0.467. The lowest BCUT2D eigenvalue weighted by Crippen LogP contribution is -2.28. The molecule has 1 aliphatic rings. The van der Waals surface area contributed by atoms with Gasteiger partial charge in [-0.05, 0) is 32.3 Å². The van der Waals surface area contributed by atoms with Crippen molar-refractivity contribution in [3.63, 3.8) is 0 Å². The van der Waals surface area contributed by atoms with Gasteiger partial charge in [0, 0.05) is 5.92 Å². The van der Waals surface area contributed by atoms with E-state index in [-0.39, 0.29) is 6.10 Å². The number of ether oxygens (including phenoxy) is 1. The van der Waals surface area contributed by atoms with E-state index in [4.69, 9.17) is 4.74 Å². The van der Waals surface area contributed by atoms with Gasteiger partial charge in [-0.2, -0.15) is 0 Å². The smallest absolute Gasteiger partial charge is 0.0893 e. The Labute approximate surface area is 98.1 Å². The minimum absolute atomic E-state index is 0.197. The van der Waals surface area contributed by atoms with Crippen LogP contribution in [0.3, 0.4) is 0 Å². The van der Waals surface area contributed by atoms with Crippen LogP contribution in [0.1, 0.15) is 38.4 Å². The summed E-state index contributed by atoms with van der Waals surface area (Å²) in [5, 5.41) is 0. The largest absolute Gasteiger partial charge is 0.370 e. The van der Waals surface area contributed by atoms with Crippen molar-refractivity contribution in [1.82, 2.24) is 0 Å². The molecule has 1 nitrogen and oxygen atoms in total. The predicted octanol–water partition coefficient (Wildman–Crippen LogP) is 4.12. The molecule has 0 amide bonds. The lowest BCUT2D eigenvalue weighted by Gasteiger charge is -2.36. The fourth-order valence-corrected chi connectivity index (χ4v) is 2.44. The van der Waals surface area contributed by atoms with Crippen molar-refractivity contribution < 1.29 is 4.74 Å². The average molecular weight is 216 g/mol. The minimum Gasteiger partial charge on any atom is -0.370 e. The van der Waals surface area contributed by atoms with Gasteiger partial charge in [-0.25, -0.2) is 0 Å². The molecule has 0 spiro atoms. The first-order valence-corrected chi connectivity index (χ1v) is 6.04. The summed E-state index contributed by atoms with van der Waals surface area (Å²) in [6.45, 7) is 8.37. The molecule has 0 aromatic heterocycles. The van der Waals surface area contributed by atoms with E-state index in [0.717, 1.165) is 6.42 Å². The molecule has 1 heteroatoms. The Morgan fingerprint density at radius 1 is 1.25 bits per heavy atom. The van der Waals surface area contributed by atoms with Crippen molar-refractivity contribution in [1.29, 1.82) is 0 Å². The molecule has 0 aliphatic carbocycles. The maximum atomic E-state index is 6.09. The summed E-state index contributed by atoms with van der Waals surface area (Å²) in [5.74, 6) is 0.471. The summed E-state index contributed by atoms with van der Waals surface area (Å²) in [6.07, 6.45) is 2.89. The van der Waals surface area contributed by atoms with Gasteiger partial charge >= 0.3 is 0 Å². The molecule has 0 bridgehead atoms. The third-order valence-corrected chi connectivity index (χ3v) is 3.39. The van der Waals surface area contributed by atoms with E-state index >= 15 is 0 Å². The van der Waals surface area contributed by atoms with Gasteiger partial charge in [0.1, 0.15) is 0 Å². The van der Waals surface area contributed by atoms with E-state index in [2.05, 4.69) is 44.7 Å². The van der Waals surface area contributed by atoms with Crippen molar-refractivity contribution >= 4 is 0 Å². The fourth-order valence-electron chi connectivity index (χ4n) is 2.44. The normalized spacial score (nSPS) is 30.0. The van der Waals surface area contributed by atoms with Gasteiger partial charge in [-0.1, -0.05) is 42.5 Å². The van der Waals surface area contributed by atoms with E-state index in [9.17, 15) is 0 Å². The van der Waals surface area contributed by atoms with Crippen molar-refractivity contribution in [2.45, 2.75) is 38.9 Å². The molecule has 1 aliphatic heterocycles. The molecule has 1 aromatic carbocycles. The average Bonchev–Trinajstić information content (AvgIpc) is 2.29. The summed E-state index contributed by atoms with van der Waals surface area (Å²) in [7, 11) is 0. The Morgan fingerprint density at radius 3 is 2.56 bits per heavy atom. The summed E-state index contributed by atoms with van der Waals surface area (Å²) < 4.78 is 6.09. The van der Waals surface area contributed by atoms with Crippen LogP contribution in [0.4, 0.5) is 0 Å². The number of rotatable bonds is 2. The van der Waals surface area contributed by atoms with Crippen LogP contribution in [0, 0.1) is 5.92 Å². The van der Waals surface area contributed by atoms with Crippen LogP contribution in [0.25, 0.3) is 0 Å². The first-order chi connectivity index (χ1) is 7.68. The Morgan fingerprint density at radius 2 is 1.94 bits per heavy atom. The van der Waals surface area contributed by atoms with Gasteiger partial charge in [-0.15, -0.1) is 0 Å². The third kappa shape index (κ3) is 2.35. The second-order valence-corrected chi connectivity index (χ2v) is 4.81. The van der Waals surface area contributed by atoms with Gasteiger partial charge < -0.3 is 4.74 Å². The summed E-state index contributed by atoms with van der Waals surface area (Å²) >= 11 is 0. The highest BCUT2D eigenvalue weighted by molar-refractivity contribution is 5.21. The highest BCUT2D eigenvalue weighted by atomic mass is 16.5. The molecular formula is C15H20O. The Bertz CT molecular complexity index is 355. The van der Waals surface area contributed by atoms with Gasteiger partial charge in [0.05, 0.1) is 12.2 Å². The molecule has 1 heterocycles.